The number of carbonyl (C=O) groups is 1. The van der Waals surface area contributed by atoms with E-state index in [1.807, 2.05) is 0 Å². The molecule has 3 nitrogen and oxygen atoms in total. The van der Waals surface area contributed by atoms with Crippen molar-refractivity contribution in [1.29, 1.82) is 0 Å². The number of aliphatic hydroxyl groups is 2. The van der Waals surface area contributed by atoms with Crippen LogP contribution in [0.25, 0.3) is 0 Å². The summed E-state index contributed by atoms with van der Waals surface area (Å²) >= 11 is 0. The van der Waals surface area contributed by atoms with Crippen LogP contribution in [0.2, 0.25) is 0 Å². The molecule has 0 bridgehead atoms. The molecule has 3 heteroatoms. The SMILES string of the molecule is CC1(O)[C]=CC(=O)C(O)=C1. The zero-order valence-electron chi connectivity index (χ0n) is 5.46. The molecule has 53 valence electrons. The van der Waals surface area contributed by atoms with E-state index < -0.39 is 17.1 Å². The van der Waals surface area contributed by atoms with Gasteiger partial charge in [0.15, 0.2) is 5.76 Å². The van der Waals surface area contributed by atoms with Crippen LogP contribution in [0.15, 0.2) is 17.9 Å². The second-order valence-corrected chi connectivity index (χ2v) is 2.33. The lowest BCUT2D eigenvalue weighted by Crippen LogP contribution is -2.23. The van der Waals surface area contributed by atoms with Crippen LogP contribution in [-0.4, -0.2) is 21.6 Å². The second kappa shape index (κ2) is 1.95. The summed E-state index contributed by atoms with van der Waals surface area (Å²) < 4.78 is 0. The lowest BCUT2D eigenvalue weighted by molar-refractivity contribution is -0.114. The third-order valence-electron chi connectivity index (χ3n) is 1.17. The summed E-state index contributed by atoms with van der Waals surface area (Å²) in [5.74, 6) is -0.949. The predicted molar refractivity (Wildman–Crippen MR) is 34.2 cm³/mol. The summed E-state index contributed by atoms with van der Waals surface area (Å²) in [7, 11) is 0. The molecule has 1 aliphatic carbocycles. The molecule has 0 saturated carbocycles. The highest BCUT2D eigenvalue weighted by Crippen LogP contribution is 2.14. The minimum absolute atomic E-state index is 0.427. The molecule has 1 atom stereocenters. The Kier molecular flexibility index (Phi) is 1.37. The smallest absolute Gasteiger partial charge is 0.220 e. The Morgan fingerprint density at radius 2 is 2.30 bits per heavy atom. The van der Waals surface area contributed by atoms with Crippen LogP contribution in [-0.2, 0) is 4.79 Å². The van der Waals surface area contributed by atoms with Crippen molar-refractivity contribution < 1.29 is 15.0 Å². The maximum absolute atomic E-state index is 10.5. The van der Waals surface area contributed by atoms with Crippen molar-refractivity contribution in [2.75, 3.05) is 0 Å². The van der Waals surface area contributed by atoms with Gasteiger partial charge in [0.2, 0.25) is 5.78 Å². The Morgan fingerprint density at radius 1 is 1.70 bits per heavy atom. The van der Waals surface area contributed by atoms with Gasteiger partial charge in [-0.3, -0.25) is 4.79 Å². The molecule has 1 unspecified atom stereocenters. The van der Waals surface area contributed by atoms with Crippen LogP contribution in [0, 0.1) is 6.08 Å². The molecule has 1 radical (unpaired) electrons. The summed E-state index contributed by atoms with van der Waals surface area (Å²) in [5.41, 5.74) is -1.31. The van der Waals surface area contributed by atoms with E-state index in [9.17, 15) is 4.79 Å². The first-order chi connectivity index (χ1) is 4.51. The zero-order valence-corrected chi connectivity index (χ0v) is 5.46. The number of rotatable bonds is 0. The van der Waals surface area contributed by atoms with Crippen molar-refractivity contribution in [2.24, 2.45) is 0 Å². The molecule has 0 amide bonds. The zero-order chi connectivity index (χ0) is 7.78. The van der Waals surface area contributed by atoms with Gasteiger partial charge in [0.1, 0.15) is 5.60 Å². The Hall–Kier alpha value is -1.09. The average molecular weight is 139 g/mol. The number of ketones is 1. The molecule has 0 heterocycles. The van der Waals surface area contributed by atoms with E-state index in [-0.39, 0.29) is 0 Å². The first-order valence-electron chi connectivity index (χ1n) is 2.81. The number of hydrogen-bond donors (Lipinski definition) is 2. The number of hydrogen-bond acceptors (Lipinski definition) is 3. The number of carbonyl (C=O) groups excluding carboxylic acids is 1. The maximum Gasteiger partial charge on any atom is 0.220 e. The molecular formula is C7H7O3. The molecule has 0 aliphatic heterocycles. The van der Waals surface area contributed by atoms with Gasteiger partial charge in [-0.25, -0.2) is 0 Å². The quantitative estimate of drug-likeness (QED) is 0.501. The first-order valence-corrected chi connectivity index (χ1v) is 2.81. The minimum atomic E-state index is -1.31. The lowest BCUT2D eigenvalue weighted by atomic mass is 9.99. The van der Waals surface area contributed by atoms with Crippen LogP contribution >= 0.6 is 0 Å². The summed E-state index contributed by atoms with van der Waals surface area (Å²) in [6, 6.07) is 0. The van der Waals surface area contributed by atoms with Crippen molar-refractivity contribution in [3.8, 4) is 0 Å². The van der Waals surface area contributed by atoms with Gasteiger partial charge in [-0.05, 0) is 25.2 Å². The highest BCUT2D eigenvalue weighted by Gasteiger charge is 2.22. The molecule has 0 aromatic rings. The topological polar surface area (TPSA) is 57.5 Å². The summed E-state index contributed by atoms with van der Waals surface area (Å²) in [6.07, 6.45) is 4.46. The van der Waals surface area contributed by atoms with Crippen molar-refractivity contribution in [2.45, 2.75) is 12.5 Å². The molecule has 0 aromatic heterocycles. The monoisotopic (exact) mass is 139 g/mol. The van der Waals surface area contributed by atoms with Gasteiger partial charge in [0.25, 0.3) is 0 Å². The van der Waals surface area contributed by atoms with E-state index in [1.165, 1.54) is 6.92 Å². The highest BCUT2D eigenvalue weighted by atomic mass is 16.3. The molecule has 10 heavy (non-hydrogen) atoms. The molecule has 2 N–H and O–H groups in total. The molecule has 0 fully saturated rings. The van der Waals surface area contributed by atoms with Gasteiger partial charge in [-0.15, -0.1) is 0 Å². The normalized spacial score (nSPS) is 32.2. The average Bonchev–Trinajstić information content (AvgIpc) is 1.79. The van der Waals surface area contributed by atoms with Crippen molar-refractivity contribution >= 4 is 5.78 Å². The van der Waals surface area contributed by atoms with E-state index in [4.69, 9.17) is 10.2 Å². The lowest BCUT2D eigenvalue weighted by Gasteiger charge is -2.15. The second-order valence-electron chi connectivity index (χ2n) is 2.33. The van der Waals surface area contributed by atoms with Crippen LogP contribution in [0.1, 0.15) is 6.92 Å². The fraction of sp³-hybridized carbons (Fsp3) is 0.286. The van der Waals surface area contributed by atoms with Gasteiger partial charge in [-0.2, -0.15) is 0 Å². The summed E-state index contributed by atoms with van der Waals surface area (Å²) in [5, 5.41) is 17.9. The Bertz CT molecular complexity index is 223. The van der Waals surface area contributed by atoms with E-state index in [0.717, 1.165) is 12.2 Å². The maximum atomic E-state index is 10.5. The Labute approximate surface area is 58.3 Å². The Balaban J connectivity index is 2.95. The van der Waals surface area contributed by atoms with Gasteiger partial charge >= 0.3 is 0 Å². The third kappa shape index (κ3) is 1.25. The molecule has 0 spiro atoms. The fourth-order valence-electron chi connectivity index (χ4n) is 0.665. The predicted octanol–water partition coefficient (Wildman–Crippen LogP) is 0.121. The van der Waals surface area contributed by atoms with Crippen LogP contribution in [0.5, 0.6) is 0 Å². The standard InChI is InChI=1S/C7H7O3/c1-7(10)3-2-5(8)6(9)4-7/h2,4,9-10H,1H3. The highest BCUT2D eigenvalue weighted by molar-refractivity contribution is 6.02. The molecule has 0 saturated heterocycles. The van der Waals surface area contributed by atoms with Crippen molar-refractivity contribution in [1.82, 2.24) is 0 Å². The van der Waals surface area contributed by atoms with Gasteiger partial charge in [-0.1, -0.05) is 0 Å². The molecule has 1 aliphatic rings. The minimum Gasteiger partial charge on any atom is -0.504 e. The summed E-state index contributed by atoms with van der Waals surface area (Å²) in [4.78, 5) is 10.5. The van der Waals surface area contributed by atoms with Gasteiger partial charge in [0, 0.05) is 0 Å². The number of allylic oxidation sites excluding steroid dienone is 1. The Morgan fingerprint density at radius 3 is 2.70 bits per heavy atom. The van der Waals surface area contributed by atoms with E-state index in [0.29, 0.717) is 0 Å². The number of aliphatic hydroxyl groups excluding tert-OH is 1. The van der Waals surface area contributed by atoms with Crippen molar-refractivity contribution in [3.05, 3.63) is 24.0 Å². The fourth-order valence-corrected chi connectivity index (χ4v) is 0.665. The van der Waals surface area contributed by atoms with Gasteiger partial charge < -0.3 is 10.2 Å². The van der Waals surface area contributed by atoms with Crippen LogP contribution in [0.3, 0.4) is 0 Å². The molecule has 0 aromatic carbocycles. The van der Waals surface area contributed by atoms with Gasteiger partial charge in [0.05, 0.1) is 0 Å². The molecular weight excluding hydrogens is 132 g/mol. The van der Waals surface area contributed by atoms with E-state index in [2.05, 4.69) is 6.08 Å². The molecule has 1 rings (SSSR count). The largest absolute Gasteiger partial charge is 0.504 e. The first kappa shape index (κ1) is 7.02. The van der Waals surface area contributed by atoms with Crippen LogP contribution < -0.4 is 0 Å². The van der Waals surface area contributed by atoms with Crippen LogP contribution in [0.4, 0.5) is 0 Å². The van der Waals surface area contributed by atoms with E-state index in [1.54, 1.807) is 0 Å². The summed E-state index contributed by atoms with van der Waals surface area (Å²) in [6.45, 7) is 1.42. The van der Waals surface area contributed by atoms with E-state index >= 15 is 0 Å². The van der Waals surface area contributed by atoms with Crippen molar-refractivity contribution in [3.63, 3.8) is 0 Å². The third-order valence-corrected chi connectivity index (χ3v) is 1.17.